The zero-order chi connectivity index (χ0) is 21.0. The Morgan fingerprint density at radius 1 is 1.24 bits per heavy atom. The summed E-state index contributed by atoms with van der Waals surface area (Å²) >= 11 is 1.17. The molecule has 0 bridgehead atoms. The van der Waals surface area contributed by atoms with Gasteiger partial charge in [0.15, 0.2) is 16.6 Å². The lowest BCUT2D eigenvalue weighted by molar-refractivity contribution is -0.384. The van der Waals surface area contributed by atoms with E-state index in [1.807, 2.05) is 19.9 Å². The minimum Gasteiger partial charge on any atom is -0.493 e. The predicted molar refractivity (Wildman–Crippen MR) is 113 cm³/mol. The van der Waals surface area contributed by atoms with Gasteiger partial charge in [0.25, 0.3) is 5.69 Å². The van der Waals surface area contributed by atoms with Gasteiger partial charge in [-0.3, -0.25) is 20.2 Å². The van der Waals surface area contributed by atoms with E-state index in [1.54, 1.807) is 31.4 Å². The highest BCUT2D eigenvalue weighted by molar-refractivity contribution is 7.22. The van der Waals surface area contributed by atoms with Crippen LogP contribution in [-0.4, -0.2) is 29.0 Å². The van der Waals surface area contributed by atoms with E-state index in [4.69, 9.17) is 9.47 Å². The fourth-order valence-electron chi connectivity index (χ4n) is 2.54. The van der Waals surface area contributed by atoms with Gasteiger partial charge in [0, 0.05) is 18.2 Å². The summed E-state index contributed by atoms with van der Waals surface area (Å²) in [6.45, 7) is 3.86. The number of thiazole rings is 1. The molecule has 8 nitrogen and oxygen atoms in total. The minimum absolute atomic E-state index is 0.0160. The summed E-state index contributed by atoms with van der Waals surface area (Å²) in [5.41, 5.74) is 1.34. The van der Waals surface area contributed by atoms with Crippen LogP contribution < -0.4 is 14.8 Å². The highest BCUT2D eigenvalue weighted by Gasteiger charge is 2.11. The number of methoxy groups -OCH3 is 1. The quantitative estimate of drug-likeness (QED) is 0.343. The Bertz CT molecular complexity index is 1090. The number of aromatic nitrogens is 1. The molecular formula is C20H19N3O5S. The van der Waals surface area contributed by atoms with E-state index in [9.17, 15) is 14.9 Å². The molecule has 3 aromatic rings. The van der Waals surface area contributed by atoms with Gasteiger partial charge in [-0.2, -0.15) is 0 Å². The molecule has 2 aromatic carbocycles. The Balaban J connectivity index is 1.71. The largest absolute Gasteiger partial charge is 0.493 e. The summed E-state index contributed by atoms with van der Waals surface area (Å²) in [6, 6.07) is 9.76. The molecule has 0 fully saturated rings. The topological polar surface area (TPSA) is 104 Å². The number of carbonyl (C=O) groups is 1. The maximum absolute atomic E-state index is 12.2. The molecular weight excluding hydrogens is 394 g/mol. The van der Waals surface area contributed by atoms with Crippen LogP contribution in [0.15, 0.2) is 42.5 Å². The lowest BCUT2D eigenvalue weighted by atomic mass is 10.2. The molecule has 9 heteroatoms. The van der Waals surface area contributed by atoms with Crippen molar-refractivity contribution in [1.82, 2.24) is 4.98 Å². The molecule has 1 heterocycles. The predicted octanol–water partition coefficient (Wildman–Crippen LogP) is 4.65. The third-order valence-electron chi connectivity index (χ3n) is 3.79. The van der Waals surface area contributed by atoms with E-state index < -0.39 is 4.92 Å². The van der Waals surface area contributed by atoms with Gasteiger partial charge in [0.2, 0.25) is 5.91 Å². The normalized spacial score (nSPS) is 11.2. The minimum atomic E-state index is -0.466. The fraction of sp³-hybridized carbons (Fsp3) is 0.200. The van der Waals surface area contributed by atoms with E-state index >= 15 is 0 Å². The molecule has 3 rings (SSSR count). The molecule has 0 spiro atoms. The highest BCUT2D eigenvalue weighted by Crippen LogP contribution is 2.30. The summed E-state index contributed by atoms with van der Waals surface area (Å²) in [7, 11) is 1.56. The standard InChI is InChI=1S/C20H19N3O5S/c1-12(2)28-16-8-4-13(10-17(16)27-3)5-9-19(24)22-20-21-15-7-6-14(23(25)26)11-18(15)29-20/h4-12H,1-3H3,(H,21,22,24)/b9-5+. The van der Waals surface area contributed by atoms with Gasteiger partial charge < -0.3 is 9.47 Å². The monoisotopic (exact) mass is 413 g/mol. The van der Waals surface area contributed by atoms with E-state index in [0.29, 0.717) is 26.8 Å². The smallest absolute Gasteiger partial charge is 0.270 e. The molecule has 0 saturated heterocycles. The number of ether oxygens (including phenoxy) is 2. The third-order valence-corrected chi connectivity index (χ3v) is 4.72. The zero-order valence-corrected chi connectivity index (χ0v) is 16.9. The fourth-order valence-corrected chi connectivity index (χ4v) is 3.44. The van der Waals surface area contributed by atoms with Crippen LogP contribution in [0.5, 0.6) is 11.5 Å². The number of anilines is 1. The van der Waals surface area contributed by atoms with E-state index in [1.165, 1.54) is 29.5 Å². The Labute approximate surface area is 170 Å². The Kier molecular flexibility index (Phi) is 6.08. The summed E-state index contributed by atoms with van der Waals surface area (Å²) in [5, 5.41) is 13.9. The lowest BCUT2D eigenvalue weighted by Gasteiger charge is -2.13. The molecule has 1 N–H and O–H groups in total. The Morgan fingerprint density at radius 2 is 2.03 bits per heavy atom. The van der Waals surface area contributed by atoms with Gasteiger partial charge in [-0.1, -0.05) is 17.4 Å². The molecule has 0 saturated carbocycles. The number of hydrogen-bond acceptors (Lipinski definition) is 7. The van der Waals surface area contributed by atoms with Crippen LogP contribution >= 0.6 is 11.3 Å². The van der Waals surface area contributed by atoms with E-state index in [0.717, 1.165) is 5.56 Å². The van der Waals surface area contributed by atoms with Crippen molar-refractivity contribution in [3.63, 3.8) is 0 Å². The van der Waals surface area contributed by atoms with Crippen molar-refractivity contribution in [3.8, 4) is 11.5 Å². The number of hydrogen-bond donors (Lipinski definition) is 1. The Hall–Kier alpha value is -3.46. The first kappa shape index (κ1) is 20.3. The van der Waals surface area contributed by atoms with Gasteiger partial charge in [-0.05, 0) is 43.7 Å². The molecule has 0 radical (unpaired) electrons. The van der Waals surface area contributed by atoms with Crippen molar-refractivity contribution in [1.29, 1.82) is 0 Å². The molecule has 0 unspecified atom stereocenters. The second kappa shape index (κ2) is 8.70. The maximum atomic E-state index is 12.2. The average molecular weight is 413 g/mol. The number of nitro groups is 1. The first-order chi connectivity index (χ1) is 13.9. The van der Waals surface area contributed by atoms with Gasteiger partial charge in [-0.15, -0.1) is 0 Å². The second-order valence-electron chi connectivity index (χ2n) is 6.33. The molecule has 150 valence electrons. The average Bonchev–Trinajstić information content (AvgIpc) is 3.07. The lowest BCUT2D eigenvalue weighted by Crippen LogP contribution is -2.07. The summed E-state index contributed by atoms with van der Waals surface area (Å²) in [4.78, 5) is 26.9. The summed E-state index contributed by atoms with van der Waals surface area (Å²) < 4.78 is 11.6. The van der Waals surface area contributed by atoms with Crippen LogP contribution in [0.1, 0.15) is 19.4 Å². The molecule has 29 heavy (non-hydrogen) atoms. The number of nitrogens with zero attached hydrogens (tertiary/aromatic N) is 2. The summed E-state index contributed by atoms with van der Waals surface area (Å²) in [6.07, 6.45) is 3.05. The van der Waals surface area contributed by atoms with Crippen LogP contribution in [0, 0.1) is 10.1 Å². The summed E-state index contributed by atoms with van der Waals surface area (Å²) in [5.74, 6) is 0.849. The first-order valence-electron chi connectivity index (χ1n) is 8.74. The maximum Gasteiger partial charge on any atom is 0.270 e. The number of non-ortho nitro benzene ring substituents is 1. The highest BCUT2D eigenvalue weighted by atomic mass is 32.1. The van der Waals surface area contributed by atoms with E-state index in [-0.39, 0.29) is 17.7 Å². The number of benzene rings is 2. The number of nitro benzene ring substituents is 1. The second-order valence-corrected chi connectivity index (χ2v) is 7.36. The number of nitrogens with one attached hydrogen (secondary N) is 1. The van der Waals surface area contributed by atoms with Crippen molar-refractivity contribution >= 4 is 44.4 Å². The number of fused-ring (bicyclic) bond motifs is 1. The van der Waals surface area contributed by atoms with Crippen molar-refractivity contribution in [2.45, 2.75) is 20.0 Å². The van der Waals surface area contributed by atoms with Crippen LogP contribution in [-0.2, 0) is 4.79 Å². The SMILES string of the molecule is COc1cc(/C=C/C(=O)Nc2nc3ccc([N+](=O)[O-])cc3s2)ccc1OC(C)C. The number of rotatable bonds is 7. The van der Waals surface area contributed by atoms with Gasteiger partial charge in [0.1, 0.15) is 0 Å². The zero-order valence-electron chi connectivity index (χ0n) is 16.0. The number of carbonyl (C=O) groups excluding carboxylic acids is 1. The van der Waals surface area contributed by atoms with Crippen LogP contribution in [0.25, 0.3) is 16.3 Å². The van der Waals surface area contributed by atoms with Crippen LogP contribution in [0.4, 0.5) is 10.8 Å². The third kappa shape index (κ3) is 5.08. The van der Waals surface area contributed by atoms with E-state index in [2.05, 4.69) is 10.3 Å². The van der Waals surface area contributed by atoms with Crippen molar-refractivity contribution in [2.24, 2.45) is 0 Å². The molecule has 0 aliphatic rings. The first-order valence-corrected chi connectivity index (χ1v) is 9.56. The van der Waals surface area contributed by atoms with Crippen LogP contribution in [0.3, 0.4) is 0 Å². The van der Waals surface area contributed by atoms with Crippen molar-refractivity contribution < 1.29 is 19.2 Å². The van der Waals surface area contributed by atoms with Crippen molar-refractivity contribution in [3.05, 3.63) is 58.2 Å². The molecule has 0 aliphatic carbocycles. The van der Waals surface area contributed by atoms with Gasteiger partial charge in [-0.25, -0.2) is 4.98 Å². The molecule has 1 aromatic heterocycles. The number of amides is 1. The van der Waals surface area contributed by atoms with Gasteiger partial charge >= 0.3 is 0 Å². The Morgan fingerprint density at radius 3 is 2.72 bits per heavy atom. The molecule has 1 amide bonds. The van der Waals surface area contributed by atoms with Crippen molar-refractivity contribution in [2.75, 3.05) is 12.4 Å². The van der Waals surface area contributed by atoms with Crippen LogP contribution in [0.2, 0.25) is 0 Å². The molecule has 0 atom stereocenters. The van der Waals surface area contributed by atoms with Gasteiger partial charge in [0.05, 0.1) is 28.4 Å². The molecule has 0 aliphatic heterocycles.